The van der Waals surface area contributed by atoms with Crippen LogP contribution in [0.1, 0.15) is 240 Å². The first kappa shape index (κ1) is 44.7. The molecular weight excluding hydrogens is 744 g/mol. The zero-order chi connectivity index (χ0) is 41.1. The molecule has 2 saturated carbocycles. The quantitative estimate of drug-likeness (QED) is 0.201. The van der Waals surface area contributed by atoms with Gasteiger partial charge in [-0.1, -0.05) is 0 Å². The van der Waals surface area contributed by atoms with Gasteiger partial charge < -0.3 is 0 Å². The Morgan fingerprint density at radius 2 is 1.05 bits per heavy atom. The van der Waals surface area contributed by atoms with Crippen molar-refractivity contribution < 1.29 is 0 Å². The Hall–Kier alpha value is -1.38. The van der Waals surface area contributed by atoms with E-state index in [1.54, 1.807) is 36.1 Å². The van der Waals surface area contributed by atoms with Crippen molar-refractivity contribution >= 4 is 41.4 Å². The van der Waals surface area contributed by atoms with Crippen LogP contribution in [0.2, 0.25) is 4.25 Å². The van der Waals surface area contributed by atoms with Crippen LogP contribution in [-0.2, 0) is 16.2 Å². The minimum absolute atomic E-state index is 0.0140. The second-order valence-electron chi connectivity index (χ2n) is 23.0. The molecule has 2 aromatic rings. The maximum absolute atomic E-state index is 6.09. The monoisotopic (exact) mass is 829 g/mol. The van der Waals surface area contributed by atoms with Crippen LogP contribution in [0.15, 0.2) is 29.3 Å². The summed E-state index contributed by atoms with van der Waals surface area (Å²) in [6.45, 7) is 44.8. The second-order valence-corrected chi connectivity index (χ2v) is 34.3. The Morgan fingerprint density at radius 1 is 0.600 bits per heavy atom. The van der Waals surface area contributed by atoms with E-state index in [4.69, 9.17) is 4.99 Å². The Labute approximate surface area is 345 Å². The zero-order valence-corrected chi connectivity index (χ0v) is 42.1. The molecule has 1 heterocycles. The molecule has 0 aromatic heterocycles. The summed E-state index contributed by atoms with van der Waals surface area (Å²) in [5, 5.41) is 1.58. The molecule has 0 amide bonds. The summed E-state index contributed by atoms with van der Waals surface area (Å²) in [4.78, 5) is 6.09. The summed E-state index contributed by atoms with van der Waals surface area (Å²) >= 11 is -3.51. The Morgan fingerprint density at radius 3 is 1.44 bits per heavy atom. The molecule has 0 spiro atoms. The van der Waals surface area contributed by atoms with Gasteiger partial charge in [0.05, 0.1) is 0 Å². The van der Waals surface area contributed by atoms with Crippen LogP contribution >= 0.6 is 8.20 Å². The van der Waals surface area contributed by atoms with Crippen molar-refractivity contribution in [3.05, 3.63) is 57.6 Å². The molecule has 3 fully saturated rings. The maximum atomic E-state index is 6.09. The van der Waals surface area contributed by atoms with Gasteiger partial charge in [0, 0.05) is 0 Å². The molecule has 0 radical (unpaired) electrons. The van der Waals surface area contributed by atoms with E-state index < -0.39 is 13.5 Å². The number of aliphatic imine (C=N–C) groups is 1. The van der Waals surface area contributed by atoms with E-state index in [9.17, 15) is 0 Å². The van der Waals surface area contributed by atoms with Crippen LogP contribution in [0.25, 0.3) is 0 Å². The Bertz CT molecular complexity index is 1670. The molecule has 0 N–H and O–H groups in total. The minimum atomic E-state index is -3.51. The van der Waals surface area contributed by atoms with E-state index >= 15 is 0 Å². The SMILES string of the molecule is CC(C)c1cc(C(C)C)[c]([Ge]2([C](C)(C)C)[C](=Pc3c(C(C)(C)C)cc(C(C)(C)C)cc3C(C)(C)C)C(=NC3CCCCC3)[N]2C2CCCCC2)c(C(C)C)c1. The summed E-state index contributed by atoms with van der Waals surface area (Å²) in [5.74, 6) is 2.88. The van der Waals surface area contributed by atoms with Gasteiger partial charge in [-0.2, -0.15) is 0 Å². The van der Waals surface area contributed by atoms with E-state index in [0.717, 1.165) is 0 Å². The van der Waals surface area contributed by atoms with Crippen LogP contribution in [0.4, 0.5) is 0 Å². The van der Waals surface area contributed by atoms with Crippen molar-refractivity contribution in [3.8, 4) is 0 Å². The molecule has 1 saturated heterocycles. The van der Waals surface area contributed by atoms with E-state index in [0.29, 0.717) is 29.8 Å². The van der Waals surface area contributed by atoms with E-state index in [2.05, 4.69) is 153 Å². The van der Waals surface area contributed by atoms with Gasteiger partial charge in [0.1, 0.15) is 0 Å². The van der Waals surface area contributed by atoms with Gasteiger partial charge in [0.2, 0.25) is 0 Å². The van der Waals surface area contributed by atoms with Crippen molar-refractivity contribution in [2.24, 2.45) is 4.99 Å². The van der Waals surface area contributed by atoms with Gasteiger partial charge >= 0.3 is 347 Å². The van der Waals surface area contributed by atoms with Crippen molar-refractivity contribution in [1.82, 2.24) is 3.86 Å². The van der Waals surface area contributed by atoms with Crippen LogP contribution in [0, 0.1) is 0 Å². The molecule has 3 aliphatic rings. The van der Waals surface area contributed by atoms with Crippen LogP contribution < -0.4 is 9.70 Å². The average Bonchev–Trinajstić information content (AvgIpc) is 3.06. The fraction of sp³-hybridized carbons (Fsp3) is 0.725. The Balaban J connectivity index is 2.05. The molecule has 2 aliphatic carbocycles. The molecule has 2 aromatic carbocycles. The molecule has 2 nitrogen and oxygen atoms in total. The van der Waals surface area contributed by atoms with Gasteiger partial charge in [-0.25, -0.2) is 0 Å². The average molecular weight is 828 g/mol. The number of rotatable bonds is 7. The molecule has 5 rings (SSSR count). The fourth-order valence-corrected chi connectivity index (χ4v) is 29.3. The molecule has 55 heavy (non-hydrogen) atoms. The molecule has 306 valence electrons. The number of hydrogen-bond donors (Lipinski definition) is 0. The molecule has 4 heteroatoms. The molecule has 1 atom stereocenters. The molecule has 1 unspecified atom stereocenters. The van der Waals surface area contributed by atoms with E-state index in [-0.39, 0.29) is 20.5 Å². The number of nitrogens with zero attached hydrogens (tertiary/aromatic N) is 2. The normalized spacial score (nSPS) is 22.8. The summed E-state index contributed by atoms with van der Waals surface area (Å²) in [6.07, 6.45) is 13.2. The van der Waals surface area contributed by atoms with Crippen molar-refractivity contribution in [3.63, 3.8) is 0 Å². The van der Waals surface area contributed by atoms with Crippen LogP contribution in [0.3, 0.4) is 0 Å². The van der Waals surface area contributed by atoms with Crippen LogP contribution in [-0.4, -0.2) is 39.4 Å². The van der Waals surface area contributed by atoms with Gasteiger partial charge in [0.15, 0.2) is 0 Å². The Kier molecular flexibility index (Phi) is 13.3. The molecule has 0 bridgehead atoms. The third-order valence-corrected chi connectivity index (χ3v) is 28.8. The van der Waals surface area contributed by atoms with Gasteiger partial charge in [-0.15, -0.1) is 0 Å². The zero-order valence-electron chi connectivity index (χ0n) is 39.1. The van der Waals surface area contributed by atoms with Gasteiger partial charge in [-0.3, -0.25) is 0 Å². The van der Waals surface area contributed by atoms with Crippen molar-refractivity contribution in [2.75, 3.05) is 0 Å². The van der Waals surface area contributed by atoms with Crippen molar-refractivity contribution in [2.45, 2.75) is 239 Å². The van der Waals surface area contributed by atoms with Gasteiger partial charge in [-0.05, 0) is 0 Å². The second kappa shape index (κ2) is 16.3. The summed E-state index contributed by atoms with van der Waals surface area (Å²) in [6, 6.07) is 11.6. The fourth-order valence-electron chi connectivity index (χ4n) is 10.1. The first-order valence-electron chi connectivity index (χ1n) is 22.7. The third-order valence-electron chi connectivity index (χ3n) is 13.4. The first-order valence-corrected chi connectivity index (χ1v) is 27.6. The molecule has 1 aliphatic heterocycles. The van der Waals surface area contributed by atoms with E-state index in [1.165, 1.54) is 89.4 Å². The summed E-state index contributed by atoms with van der Waals surface area (Å²) in [7, 11) is 1.44. The first-order chi connectivity index (χ1) is 25.3. The predicted molar refractivity (Wildman–Crippen MR) is 251 cm³/mol. The van der Waals surface area contributed by atoms with Crippen LogP contribution in [0.5, 0.6) is 0 Å². The van der Waals surface area contributed by atoms with Crippen molar-refractivity contribution in [1.29, 1.82) is 0 Å². The number of hydrogen-bond acceptors (Lipinski definition) is 1. The number of amidine groups is 1. The van der Waals surface area contributed by atoms with E-state index in [1.807, 2.05) is 0 Å². The predicted octanol–water partition coefficient (Wildman–Crippen LogP) is 14.3. The topological polar surface area (TPSA) is 15.6 Å². The summed E-state index contributed by atoms with van der Waals surface area (Å²) in [5.41, 5.74) is 9.46. The molecular formula is C51H83GeN2P. The standard InChI is InChI=1S/C51H83GeN2P/c1-33(2)36-29-40(34(3)4)44(41(30-36)35(5)6)52(51(16,17)18)46(47(53-38-25-21-19-22-26-38)54(52)39-27-23-20-24-28-39)55-45-42(49(10,11)12)31-37(48(7,8)9)32-43(45)50(13,14)15/h29-35,38-39H,19-28H2,1-18H3. The number of benzene rings is 2. The summed E-state index contributed by atoms with van der Waals surface area (Å²) < 4.78 is 6.88. The third kappa shape index (κ3) is 8.82. The van der Waals surface area contributed by atoms with Gasteiger partial charge in [0.25, 0.3) is 0 Å².